The molecule has 1 amide bonds. The number of carbonyl (C=O) groups is 2. The van der Waals surface area contributed by atoms with Crippen molar-refractivity contribution in [1.29, 1.82) is 0 Å². The van der Waals surface area contributed by atoms with E-state index in [1.165, 1.54) is 11.8 Å². The van der Waals surface area contributed by atoms with Gasteiger partial charge in [-0.05, 0) is 56.2 Å². The highest BCUT2D eigenvalue weighted by Gasteiger charge is 2.54. The molecule has 2 fully saturated rings. The Labute approximate surface area is 224 Å². The molecule has 1 aromatic carbocycles. The van der Waals surface area contributed by atoms with Crippen LogP contribution >= 0.6 is 11.8 Å². The van der Waals surface area contributed by atoms with Crippen molar-refractivity contribution in [2.45, 2.75) is 83.0 Å². The first-order valence-corrected chi connectivity index (χ1v) is 14.1. The molecule has 202 valence electrons. The molecular weight excluding hydrogens is 490 g/mol. The average Bonchev–Trinajstić information content (AvgIpc) is 3.25. The third-order valence-electron chi connectivity index (χ3n) is 7.51. The van der Waals surface area contributed by atoms with Gasteiger partial charge in [0.2, 0.25) is 0 Å². The van der Waals surface area contributed by atoms with E-state index in [-0.39, 0.29) is 29.5 Å². The van der Waals surface area contributed by atoms with E-state index in [2.05, 4.69) is 19.1 Å². The number of amides is 1. The first-order valence-electron chi connectivity index (χ1n) is 13.2. The number of nitrogens with zero attached hydrogens (tertiary/aromatic N) is 1. The second-order valence-electron chi connectivity index (χ2n) is 10.3. The smallest absolute Gasteiger partial charge is 0.330 e. The van der Waals surface area contributed by atoms with Gasteiger partial charge >= 0.3 is 5.97 Å². The third-order valence-corrected chi connectivity index (χ3v) is 8.47. The molecule has 0 radical (unpaired) electrons. The lowest BCUT2D eigenvalue weighted by molar-refractivity contribution is -0.305. The number of thioether (sulfide) groups is 1. The molecule has 3 heterocycles. The first-order chi connectivity index (χ1) is 17.8. The van der Waals surface area contributed by atoms with Gasteiger partial charge in [-0.25, -0.2) is 4.79 Å². The number of hydrogen-bond donors (Lipinski definition) is 0. The quantitative estimate of drug-likeness (QED) is 0.348. The minimum absolute atomic E-state index is 0.00373. The van der Waals surface area contributed by atoms with E-state index in [0.29, 0.717) is 31.1 Å². The Balaban J connectivity index is 1.59. The van der Waals surface area contributed by atoms with Crippen LogP contribution in [-0.2, 0) is 25.5 Å². The van der Waals surface area contributed by atoms with E-state index >= 15 is 0 Å². The molecule has 8 heteroatoms. The number of ether oxygens (including phenoxy) is 4. The zero-order chi connectivity index (χ0) is 26.4. The molecule has 4 rings (SSSR count). The van der Waals surface area contributed by atoms with Gasteiger partial charge in [0.05, 0.1) is 19.3 Å². The zero-order valence-corrected chi connectivity index (χ0v) is 23.1. The molecule has 0 aromatic heterocycles. The maximum atomic E-state index is 13.0. The van der Waals surface area contributed by atoms with Crippen LogP contribution in [0.1, 0.15) is 57.9 Å². The van der Waals surface area contributed by atoms with Crippen molar-refractivity contribution in [3.63, 3.8) is 0 Å². The number of esters is 1. The van der Waals surface area contributed by atoms with Gasteiger partial charge < -0.3 is 23.8 Å². The summed E-state index contributed by atoms with van der Waals surface area (Å²) in [5, 5.41) is -0.00373. The van der Waals surface area contributed by atoms with E-state index in [1.807, 2.05) is 36.1 Å². The average molecular weight is 530 g/mol. The van der Waals surface area contributed by atoms with E-state index in [1.54, 1.807) is 20.3 Å². The van der Waals surface area contributed by atoms with E-state index in [4.69, 9.17) is 18.9 Å². The number of benzene rings is 1. The second kappa shape index (κ2) is 12.5. The minimum atomic E-state index is -1.06. The predicted molar refractivity (Wildman–Crippen MR) is 144 cm³/mol. The highest BCUT2D eigenvalue weighted by molar-refractivity contribution is 8.13. The van der Waals surface area contributed by atoms with Gasteiger partial charge in [-0.1, -0.05) is 48.5 Å². The van der Waals surface area contributed by atoms with Crippen LogP contribution in [0.4, 0.5) is 4.79 Å². The molecule has 3 aliphatic rings. The fraction of sp³-hybridized carbons (Fsp3) is 0.586. The number of hydrogen-bond acceptors (Lipinski definition) is 7. The molecule has 3 aliphatic heterocycles. The summed E-state index contributed by atoms with van der Waals surface area (Å²) in [6, 6.07) is 7.41. The lowest BCUT2D eigenvalue weighted by Crippen LogP contribution is -2.60. The van der Waals surface area contributed by atoms with Crippen LogP contribution in [0.3, 0.4) is 0 Å². The lowest BCUT2D eigenvalue weighted by Gasteiger charge is -2.48. The van der Waals surface area contributed by atoms with Crippen LogP contribution < -0.4 is 4.74 Å². The van der Waals surface area contributed by atoms with Gasteiger partial charge in [0.25, 0.3) is 5.24 Å². The molecular formula is C29H39NO6S. The number of rotatable bonds is 5. The Kier molecular flexibility index (Phi) is 9.37. The summed E-state index contributed by atoms with van der Waals surface area (Å²) in [6.07, 6.45) is 10.1. The number of carbonyl (C=O) groups excluding carboxylic acids is 2. The lowest BCUT2D eigenvalue weighted by atomic mass is 9.89. The molecule has 0 spiro atoms. The summed E-state index contributed by atoms with van der Waals surface area (Å²) in [6.45, 7) is 4.63. The van der Waals surface area contributed by atoms with E-state index in [9.17, 15) is 9.59 Å². The van der Waals surface area contributed by atoms with Crippen LogP contribution in [0.25, 0.3) is 0 Å². The summed E-state index contributed by atoms with van der Waals surface area (Å²) >= 11 is 1.28. The topological polar surface area (TPSA) is 74.3 Å². The fourth-order valence-electron chi connectivity index (χ4n) is 5.39. The molecule has 0 N–H and O–H groups in total. The van der Waals surface area contributed by atoms with Crippen LogP contribution in [0.15, 0.2) is 48.1 Å². The molecule has 0 saturated carbocycles. The van der Waals surface area contributed by atoms with Gasteiger partial charge in [-0.2, -0.15) is 0 Å². The molecule has 0 unspecified atom stereocenters. The van der Waals surface area contributed by atoms with Crippen molar-refractivity contribution in [2.24, 2.45) is 5.92 Å². The minimum Gasteiger partial charge on any atom is -0.497 e. The first kappa shape index (κ1) is 27.7. The normalized spacial score (nSPS) is 33.7. The Morgan fingerprint density at radius 3 is 2.65 bits per heavy atom. The molecule has 2 saturated heterocycles. The van der Waals surface area contributed by atoms with Crippen molar-refractivity contribution in [3.8, 4) is 5.75 Å². The molecule has 2 bridgehead atoms. The number of methoxy groups -OCH3 is 2. The van der Waals surface area contributed by atoms with Crippen LogP contribution in [0.5, 0.6) is 5.75 Å². The Hall–Kier alpha value is -2.29. The third kappa shape index (κ3) is 6.98. The van der Waals surface area contributed by atoms with Crippen LogP contribution in [-0.4, -0.2) is 60.1 Å². The summed E-state index contributed by atoms with van der Waals surface area (Å²) in [5.74, 6) is 0.357. The summed E-state index contributed by atoms with van der Waals surface area (Å²) in [5.41, 5.74) is 2.00. The van der Waals surface area contributed by atoms with Gasteiger partial charge in [-0.3, -0.25) is 4.79 Å². The maximum Gasteiger partial charge on any atom is 0.330 e. The van der Waals surface area contributed by atoms with Crippen LogP contribution in [0.2, 0.25) is 0 Å². The van der Waals surface area contributed by atoms with Gasteiger partial charge in [0.15, 0.2) is 5.79 Å². The zero-order valence-electron chi connectivity index (χ0n) is 22.3. The SMILES string of the molecule is COc1ccc(CN2C(=O)SC[C@H]2[C@@]2(OC)C[C@H]3C[C@@H](CC[C@H](C)/C=C/CC/C(C)=C\C(=O)O3)O2)cc1. The Bertz CT molecular complexity index is 1010. The number of fused-ring (bicyclic) bond motifs is 2. The predicted octanol–water partition coefficient (Wildman–Crippen LogP) is 5.88. The van der Waals surface area contributed by atoms with Crippen molar-refractivity contribution >= 4 is 23.0 Å². The van der Waals surface area contributed by atoms with Gasteiger partial charge in [0, 0.05) is 38.3 Å². The highest BCUT2D eigenvalue weighted by Crippen LogP contribution is 2.43. The standard InChI is InChI=1S/C29H39NO6S/c1-20-7-5-6-8-21(2)15-27(31)35-25-16-24(12-9-20)36-29(17-25,34-4)26-19-37-28(32)30(26)18-22-10-13-23(33-3)14-11-22/h5,7,10-11,13-15,20,24-26H,6,8-9,12,16-19H2,1-4H3/b7-5+,21-15-/t20-,24-,25-,26+,29-/m1/s1. The maximum absolute atomic E-state index is 13.0. The summed E-state index contributed by atoms with van der Waals surface area (Å²) < 4.78 is 24.1. The molecule has 37 heavy (non-hydrogen) atoms. The van der Waals surface area contributed by atoms with Crippen LogP contribution in [0, 0.1) is 5.92 Å². The Morgan fingerprint density at radius 2 is 1.92 bits per heavy atom. The van der Waals surface area contributed by atoms with E-state index in [0.717, 1.165) is 42.6 Å². The van der Waals surface area contributed by atoms with Crippen molar-refractivity contribution in [3.05, 3.63) is 53.6 Å². The van der Waals surface area contributed by atoms with Gasteiger partial charge in [-0.15, -0.1) is 0 Å². The monoisotopic (exact) mass is 529 g/mol. The van der Waals surface area contributed by atoms with Crippen molar-refractivity contribution in [1.82, 2.24) is 4.90 Å². The molecule has 7 nitrogen and oxygen atoms in total. The summed E-state index contributed by atoms with van der Waals surface area (Å²) in [4.78, 5) is 27.6. The van der Waals surface area contributed by atoms with Crippen molar-refractivity contribution in [2.75, 3.05) is 20.0 Å². The summed E-state index contributed by atoms with van der Waals surface area (Å²) in [7, 11) is 3.27. The van der Waals surface area contributed by atoms with E-state index < -0.39 is 5.79 Å². The largest absolute Gasteiger partial charge is 0.497 e. The van der Waals surface area contributed by atoms with Crippen molar-refractivity contribution < 1.29 is 28.5 Å². The highest BCUT2D eigenvalue weighted by atomic mass is 32.2. The number of allylic oxidation sites excluding steroid dienone is 3. The molecule has 5 atom stereocenters. The second-order valence-corrected chi connectivity index (χ2v) is 11.3. The van der Waals surface area contributed by atoms with Gasteiger partial charge in [0.1, 0.15) is 11.9 Å². The fourth-order valence-corrected chi connectivity index (χ4v) is 6.49. The molecule has 0 aliphatic carbocycles. The molecule has 1 aromatic rings. The Morgan fingerprint density at radius 1 is 1.14 bits per heavy atom.